The standard InChI is InChI=1S/C16H12N4O/c1-2-4-12(5-3-1)6-7-14-15-16(18-10-17-14)20(11-19-15)8-13-9-21-13/h1-5,10-11,13H,8-9H2. The average Bonchev–Trinajstić information content (AvgIpc) is 3.26. The summed E-state index contributed by atoms with van der Waals surface area (Å²) in [5.74, 6) is 6.18. The molecule has 0 amide bonds. The fourth-order valence-electron chi connectivity index (χ4n) is 2.15. The third-order valence-corrected chi connectivity index (χ3v) is 3.30. The number of hydrogen-bond acceptors (Lipinski definition) is 4. The Labute approximate surface area is 121 Å². The number of ether oxygens (including phenoxy) is 1. The van der Waals surface area contributed by atoms with Gasteiger partial charge in [0.25, 0.3) is 0 Å². The molecule has 3 heterocycles. The van der Waals surface area contributed by atoms with E-state index in [-0.39, 0.29) is 6.10 Å². The van der Waals surface area contributed by atoms with E-state index in [1.165, 1.54) is 6.33 Å². The van der Waals surface area contributed by atoms with Crippen molar-refractivity contribution in [2.24, 2.45) is 0 Å². The predicted molar refractivity (Wildman–Crippen MR) is 77.5 cm³/mol. The molecule has 2 aromatic heterocycles. The van der Waals surface area contributed by atoms with E-state index in [2.05, 4.69) is 26.8 Å². The van der Waals surface area contributed by atoms with Crippen LogP contribution in [0.3, 0.4) is 0 Å². The quantitative estimate of drug-likeness (QED) is 0.527. The van der Waals surface area contributed by atoms with Crippen molar-refractivity contribution in [2.75, 3.05) is 6.61 Å². The summed E-state index contributed by atoms with van der Waals surface area (Å²) >= 11 is 0. The summed E-state index contributed by atoms with van der Waals surface area (Å²) in [5, 5.41) is 0. The van der Waals surface area contributed by atoms with Gasteiger partial charge in [0, 0.05) is 5.56 Å². The van der Waals surface area contributed by atoms with Gasteiger partial charge in [0.1, 0.15) is 17.5 Å². The van der Waals surface area contributed by atoms with E-state index < -0.39 is 0 Å². The van der Waals surface area contributed by atoms with E-state index in [9.17, 15) is 0 Å². The molecule has 0 N–H and O–H groups in total. The van der Waals surface area contributed by atoms with Crippen molar-refractivity contribution in [2.45, 2.75) is 12.6 Å². The molecule has 1 saturated heterocycles. The molecule has 4 rings (SSSR count). The predicted octanol–water partition coefficient (Wildman–Crippen LogP) is 1.62. The maximum absolute atomic E-state index is 5.25. The van der Waals surface area contributed by atoms with Crippen LogP contribution in [0.4, 0.5) is 0 Å². The third kappa shape index (κ3) is 2.49. The fourth-order valence-corrected chi connectivity index (χ4v) is 2.15. The van der Waals surface area contributed by atoms with Gasteiger partial charge in [-0.15, -0.1) is 0 Å². The molecule has 3 aromatic rings. The van der Waals surface area contributed by atoms with E-state index in [1.807, 2.05) is 34.9 Å². The number of benzene rings is 1. The average molecular weight is 276 g/mol. The van der Waals surface area contributed by atoms with Gasteiger partial charge in [0.2, 0.25) is 0 Å². The first-order valence-electron chi connectivity index (χ1n) is 6.75. The van der Waals surface area contributed by atoms with Gasteiger partial charge in [-0.25, -0.2) is 15.0 Å². The Hall–Kier alpha value is -2.71. The van der Waals surface area contributed by atoms with Gasteiger partial charge < -0.3 is 9.30 Å². The van der Waals surface area contributed by atoms with Crippen molar-refractivity contribution in [1.82, 2.24) is 19.5 Å². The number of nitrogens with zero attached hydrogens (tertiary/aromatic N) is 4. The molecular formula is C16H12N4O. The Balaban J connectivity index is 1.72. The smallest absolute Gasteiger partial charge is 0.164 e. The second kappa shape index (κ2) is 5.00. The lowest BCUT2D eigenvalue weighted by molar-refractivity contribution is 0.384. The Kier molecular flexibility index (Phi) is 2.87. The summed E-state index contributed by atoms with van der Waals surface area (Å²) in [7, 11) is 0. The van der Waals surface area contributed by atoms with Crippen LogP contribution in [0, 0.1) is 11.8 Å². The minimum absolute atomic E-state index is 0.288. The van der Waals surface area contributed by atoms with Crippen molar-refractivity contribution >= 4 is 11.2 Å². The van der Waals surface area contributed by atoms with E-state index in [1.54, 1.807) is 6.33 Å². The SMILES string of the molecule is C(#Cc1ncnc2c1ncn2CC1CO1)c1ccccc1. The Bertz CT molecular complexity index is 841. The van der Waals surface area contributed by atoms with E-state index in [4.69, 9.17) is 4.74 Å². The molecule has 1 fully saturated rings. The van der Waals surface area contributed by atoms with Gasteiger partial charge in [0.05, 0.1) is 25.6 Å². The first-order chi connectivity index (χ1) is 10.4. The molecule has 0 bridgehead atoms. The zero-order chi connectivity index (χ0) is 14.1. The van der Waals surface area contributed by atoms with Crippen molar-refractivity contribution in [3.63, 3.8) is 0 Å². The largest absolute Gasteiger partial charge is 0.371 e. The minimum Gasteiger partial charge on any atom is -0.371 e. The summed E-state index contributed by atoms with van der Waals surface area (Å²) in [6.07, 6.45) is 3.59. The number of rotatable bonds is 2. The number of imidazole rings is 1. The van der Waals surface area contributed by atoms with Crippen molar-refractivity contribution in [3.05, 3.63) is 54.2 Å². The second-order valence-electron chi connectivity index (χ2n) is 4.86. The molecule has 0 radical (unpaired) electrons. The first-order valence-corrected chi connectivity index (χ1v) is 6.75. The molecule has 5 nitrogen and oxygen atoms in total. The lowest BCUT2D eigenvalue weighted by Gasteiger charge is -1.99. The zero-order valence-electron chi connectivity index (χ0n) is 11.2. The highest BCUT2D eigenvalue weighted by molar-refractivity contribution is 5.76. The second-order valence-corrected chi connectivity index (χ2v) is 4.86. The van der Waals surface area contributed by atoms with Crippen LogP contribution in [0.15, 0.2) is 43.0 Å². The van der Waals surface area contributed by atoms with E-state index >= 15 is 0 Å². The third-order valence-electron chi connectivity index (χ3n) is 3.30. The van der Waals surface area contributed by atoms with Gasteiger partial charge in [-0.05, 0) is 18.1 Å². The zero-order valence-corrected chi connectivity index (χ0v) is 11.2. The molecule has 5 heteroatoms. The van der Waals surface area contributed by atoms with E-state index in [0.29, 0.717) is 5.69 Å². The molecule has 102 valence electrons. The first kappa shape index (κ1) is 12.1. The van der Waals surface area contributed by atoms with Crippen LogP contribution < -0.4 is 0 Å². The van der Waals surface area contributed by atoms with Gasteiger partial charge >= 0.3 is 0 Å². The highest BCUT2D eigenvalue weighted by atomic mass is 16.6. The van der Waals surface area contributed by atoms with Crippen molar-refractivity contribution in [1.29, 1.82) is 0 Å². The van der Waals surface area contributed by atoms with Crippen LogP contribution in [0.2, 0.25) is 0 Å². The Morgan fingerprint density at radius 3 is 2.81 bits per heavy atom. The molecule has 1 unspecified atom stereocenters. The molecule has 0 saturated carbocycles. The molecular weight excluding hydrogens is 264 g/mol. The van der Waals surface area contributed by atoms with Crippen molar-refractivity contribution in [3.8, 4) is 11.8 Å². The normalized spacial score (nSPS) is 16.5. The van der Waals surface area contributed by atoms with Gasteiger partial charge in [-0.1, -0.05) is 24.1 Å². The molecule has 1 aliphatic rings. The van der Waals surface area contributed by atoms with Gasteiger partial charge in [-0.2, -0.15) is 0 Å². The van der Waals surface area contributed by atoms with Crippen molar-refractivity contribution < 1.29 is 4.74 Å². The van der Waals surface area contributed by atoms with Crippen LogP contribution >= 0.6 is 0 Å². The van der Waals surface area contributed by atoms with Crippen LogP contribution in [0.25, 0.3) is 11.2 Å². The molecule has 1 aliphatic heterocycles. The summed E-state index contributed by atoms with van der Waals surface area (Å²) < 4.78 is 7.23. The van der Waals surface area contributed by atoms with Crippen LogP contribution in [0.5, 0.6) is 0 Å². The Morgan fingerprint density at radius 1 is 1.14 bits per heavy atom. The maximum atomic E-state index is 5.25. The van der Waals surface area contributed by atoms with Crippen LogP contribution in [-0.4, -0.2) is 32.2 Å². The molecule has 1 atom stereocenters. The number of hydrogen-bond donors (Lipinski definition) is 0. The highest BCUT2D eigenvalue weighted by Gasteiger charge is 2.24. The summed E-state index contributed by atoms with van der Waals surface area (Å²) in [6, 6.07) is 9.83. The summed E-state index contributed by atoms with van der Waals surface area (Å²) in [4.78, 5) is 12.9. The number of epoxide rings is 1. The molecule has 21 heavy (non-hydrogen) atoms. The monoisotopic (exact) mass is 276 g/mol. The van der Waals surface area contributed by atoms with Gasteiger partial charge in [-0.3, -0.25) is 0 Å². The molecule has 0 spiro atoms. The fraction of sp³-hybridized carbons (Fsp3) is 0.188. The van der Waals surface area contributed by atoms with Crippen LogP contribution in [0.1, 0.15) is 11.3 Å². The lowest BCUT2D eigenvalue weighted by atomic mass is 10.2. The molecule has 1 aromatic carbocycles. The van der Waals surface area contributed by atoms with Crippen LogP contribution in [-0.2, 0) is 11.3 Å². The van der Waals surface area contributed by atoms with E-state index in [0.717, 1.165) is 29.9 Å². The molecule has 0 aliphatic carbocycles. The number of aromatic nitrogens is 4. The minimum atomic E-state index is 0.288. The highest BCUT2D eigenvalue weighted by Crippen LogP contribution is 2.17. The summed E-state index contributed by atoms with van der Waals surface area (Å²) in [6.45, 7) is 1.59. The topological polar surface area (TPSA) is 56.1 Å². The van der Waals surface area contributed by atoms with Gasteiger partial charge in [0.15, 0.2) is 5.65 Å². The summed E-state index contributed by atoms with van der Waals surface area (Å²) in [5.41, 5.74) is 3.15. The lowest BCUT2D eigenvalue weighted by Crippen LogP contribution is -2.03. The Morgan fingerprint density at radius 2 is 2.00 bits per heavy atom. The number of fused-ring (bicyclic) bond motifs is 1. The maximum Gasteiger partial charge on any atom is 0.164 e.